The first-order valence-electron chi connectivity index (χ1n) is 10.4. The molecule has 0 amide bonds. The van der Waals surface area contributed by atoms with Crippen molar-refractivity contribution in [3.05, 3.63) is 82.3 Å². The highest BCUT2D eigenvalue weighted by molar-refractivity contribution is 5.99. The lowest BCUT2D eigenvalue weighted by molar-refractivity contribution is -0.0519. The number of carbonyl (C=O) groups is 1. The number of hydrogen-bond acceptors (Lipinski definition) is 7. The lowest BCUT2D eigenvalue weighted by Gasteiger charge is -2.12. The fourth-order valence-corrected chi connectivity index (χ4v) is 3.26. The molecule has 1 aliphatic rings. The minimum Gasteiger partial charge on any atom is -0.505 e. The molecule has 1 atom stereocenters. The Morgan fingerprint density at radius 1 is 1.16 bits per heavy atom. The third-order valence-corrected chi connectivity index (χ3v) is 4.93. The molecule has 4 rings (SSSR count). The largest absolute Gasteiger partial charge is 0.505 e. The quantitative estimate of drug-likeness (QED) is 0.405. The first kappa shape index (κ1) is 21.3. The lowest BCUT2D eigenvalue weighted by Crippen LogP contribution is -2.16. The van der Waals surface area contributed by atoms with Crippen LogP contribution >= 0.6 is 0 Å². The van der Waals surface area contributed by atoms with E-state index in [4.69, 9.17) is 18.9 Å². The number of aromatic amines is 1. The van der Waals surface area contributed by atoms with Crippen molar-refractivity contribution in [3.63, 3.8) is 0 Å². The van der Waals surface area contributed by atoms with Crippen molar-refractivity contribution in [2.45, 2.75) is 32.5 Å². The molecular formula is C24H23NO7. The van der Waals surface area contributed by atoms with Gasteiger partial charge in [-0.2, -0.15) is 0 Å². The van der Waals surface area contributed by atoms with Gasteiger partial charge in [0.2, 0.25) is 6.29 Å². The molecular weight excluding hydrogens is 414 g/mol. The number of benzene rings is 2. The van der Waals surface area contributed by atoms with Crippen LogP contribution in [-0.2, 0) is 20.6 Å². The topological polar surface area (TPSA) is 107 Å². The van der Waals surface area contributed by atoms with Crippen molar-refractivity contribution < 1.29 is 28.8 Å². The summed E-state index contributed by atoms with van der Waals surface area (Å²) in [5.41, 5.74) is 0.244. The SMILES string of the molecule is CCCCOC(=O)c1[nH]c(=O)c2ccc(OC3=COC(Cc4ccccc4)O3)cc2c1O. The van der Waals surface area contributed by atoms with Gasteiger partial charge in [0.25, 0.3) is 5.56 Å². The van der Waals surface area contributed by atoms with Gasteiger partial charge in [-0.15, -0.1) is 0 Å². The normalized spacial score (nSPS) is 15.0. The molecule has 166 valence electrons. The predicted octanol–water partition coefficient (Wildman–Crippen LogP) is 3.98. The van der Waals surface area contributed by atoms with Crippen LogP contribution < -0.4 is 10.3 Å². The van der Waals surface area contributed by atoms with Crippen LogP contribution in [0.5, 0.6) is 11.5 Å². The Balaban J connectivity index is 1.50. The van der Waals surface area contributed by atoms with E-state index in [0.717, 1.165) is 12.0 Å². The molecule has 2 heterocycles. The summed E-state index contributed by atoms with van der Waals surface area (Å²) in [5, 5.41) is 11.0. The van der Waals surface area contributed by atoms with E-state index in [-0.39, 0.29) is 34.8 Å². The van der Waals surface area contributed by atoms with E-state index in [9.17, 15) is 14.7 Å². The highest BCUT2D eigenvalue weighted by Crippen LogP contribution is 2.30. The van der Waals surface area contributed by atoms with E-state index in [1.54, 1.807) is 6.07 Å². The van der Waals surface area contributed by atoms with E-state index in [0.29, 0.717) is 18.6 Å². The van der Waals surface area contributed by atoms with Crippen LogP contribution in [0, 0.1) is 0 Å². The number of H-pyrrole nitrogens is 1. The highest BCUT2D eigenvalue weighted by atomic mass is 16.8. The van der Waals surface area contributed by atoms with Gasteiger partial charge in [-0.3, -0.25) is 4.79 Å². The molecule has 2 N–H and O–H groups in total. The lowest BCUT2D eigenvalue weighted by atomic mass is 10.1. The number of fused-ring (bicyclic) bond motifs is 1. The number of unbranched alkanes of at least 4 members (excludes halogenated alkanes) is 1. The summed E-state index contributed by atoms with van der Waals surface area (Å²) >= 11 is 0. The molecule has 1 aromatic heterocycles. The number of esters is 1. The Bertz CT molecular complexity index is 1200. The maximum absolute atomic E-state index is 12.4. The Morgan fingerprint density at radius 2 is 1.97 bits per heavy atom. The van der Waals surface area contributed by atoms with Gasteiger partial charge < -0.3 is 29.0 Å². The molecule has 32 heavy (non-hydrogen) atoms. The number of aromatic nitrogens is 1. The summed E-state index contributed by atoms with van der Waals surface area (Å²) in [7, 11) is 0. The van der Waals surface area contributed by atoms with Crippen LogP contribution in [0.3, 0.4) is 0 Å². The number of ether oxygens (including phenoxy) is 4. The molecule has 0 radical (unpaired) electrons. The van der Waals surface area contributed by atoms with Crippen molar-refractivity contribution in [1.29, 1.82) is 0 Å². The molecule has 0 saturated carbocycles. The smallest absolute Gasteiger partial charge is 0.358 e. The van der Waals surface area contributed by atoms with E-state index in [1.165, 1.54) is 18.4 Å². The third-order valence-electron chi connectivity index (χ3n) is 4.93. The van der Waals surface area contributed by atoms with Crippen molar-refractivity contribution in [2.24, 2.45) is 0 Å². The second kappa shape index (κ2) is 9.47. The fourth-order valence-electron chi connectivity index (χ4n) is 3.26. The Kier molecular flexibility index (Phi) is 6.30. The standard InChI is InChI=1S/C24H23NO7/c1-2-3-11-29-24(28)21-22(26)18-13-16(9-10-17(18)23(27)25-21)31-20-14-30-19(32-20)12-15-7-5-4-6-8-15/h4-10,13-14,19,26H,2-3,11-12H2,1H3,(H,25,27). The number of nitrogens with one attached hydrogen (secondary N) is 1. The van der Waals surface area contributed by atoms with Crippen LogP contribution in [0.15, 0.2) is 65.5 Å². The van der Waals surface area contributed by atoms with E-state index >= 15 is 0 Å². The first-order valence-corrected chi connectivity index (χ1v) is 10.4. The van der Waals surface area contributed by atoms with Gasteiger partial charge in [-0.25, -0.2) is 4.79 Å². The zero-order valence-electron chi connectivity index (χ0n) is 17.5. The van der Waals surface area contributed by atoms with Gasteiger partial charge >= 0.3 is 11.9 Å². The maximum Gasteiger partial charge on any atom is 0.358 e. The summed E-state index contributed by atoms with van der Waals surface area (Å²) < 4.78 is 22.0. The molecule has 2 aromatic carbocycles. The summed E-state index contributed by atoms with van der Waals surface area (Å²) in [6.07, 6.45) is 2.92. The van der Waals surface area contributed by atoms with Gasteiger partial charge in [0.1, 0.15) is 5.75 Å². The van der Waals surface area contributed by atoms with Gasteiger partial charge in [0.15, 0.2) is 17.7 Å². The number of carbonyl (C=O) groups excluding carboxylic acids is 1. The van der Waals surface area contributed by atoms with Crippen LogP contribution in [0.4, 0.5) is 0 Å². The highest BCUT2D eigenvalue weighted by Gasteiger charge is 2.23. The zero-order valence-corrected chi connectivity index (χ0v) is 17.5. The average molecular weight is 437 g/mol. The summed E-state index contributed by atoms with van der Waals surface area (Å²) in [4.78, 5) is 27.0. The fraction of sp³-hybridized carbons (Fsp3) is 0.250. The summed E-state index contributed by atoms with van der Waals surface area (Å²) in [5.74, 6) is -0.723. The number of rotatable bonds is 8. The molecule has 0 spiro atoms. The van der Waals surface area contributed by atoms with Crippen molar-refractivity contribution in [1.82, 2.24) is 4.98 Å². The average Bonchev–Trinajstić information content (AvgIpc) is 3.23. The van der Waals surface area contributed by atoms with Crippen LogP contribution in [0.1, 0.15) is 35.8 Å². The second-order valence-corrected chi connectivity index (χ2v) is 7.29. The Hall–Kier alpha value is -3.94. The molecule has 0 fully saturated rings. The monoisotopic (exact) mass is 437 g/mol. The van der Waals surface area contributed by atoms with E-state index in [1.807, 2.05) is 37.3 Å². The van der Waals surface area contributed by atoms with Crippen molar-refractivity contribution in [2.75, 3.05) is 6.61 Å². The van der Waals surface area contributed by atoms with Crippen LogP contribution in [-0.4, -0.2) is 29.0 Å². The van der Waals surface area contributed by atoms with Gasteiger partial charge in [0.05, 0.1) is 12.0 Å². The minimum atomic E-state index is -0.791. The third kappa shape index (κ3) is 4.69. The number of aromatic hydroxyl groups is 1. The summed E-state index contributed by atoms with van der Waals surface area (Å²) in [6, 6.07) is 14.3. The molecule has 1 unspecified atom stereocenters. The predicted molar refractivity (Wildman–Crippen MR) is 116 cm³/mol. The van der Waals surface area contributed by atoms with Crippen LogP contribution in [0.2, 0.25) is 0 Å². The van der Waals surface area contributed by atoms with E-state index < -0.39 is 17.8 Å². The molecule has 0 bridgehead atoms. The van der Waals surface area contributed by atoms with E-state index in [2.05, 4.69) is 4.98 Å². The zero-order chi connectivity index (χ0) is 22.5. The molecule has 1 aliphatic heterocycles. The maximum atomic E-state index is 12.4. The number of pyridine rings is 1. The van der Waals surface area contributed by atoms with Gasteiger partial charge in [0, 0.05) is 11.8 Å². The Morgan fingerprint density at radius 3 is 2.75 bits per heavy atom. The van der Waals surface area contributed by atoms with Crippen molar-refractivity contribution in [3.8, 4) is 11.5 Å². The molecule has 8 heteroatoms. The first-order chi connectivity index (χ1) is 15.5. The van der Waals surface area contributed by atoms with Gasteiger partial charge in [-0.05, 0) is 30.2 Å². The molecule has 3 aromatic rings. The molecule has 0 saturated heterocycles. The van der Waals surface area contributed by atoms with Crippen LogP contribution in [0.25, 0.3) is 10.8 Å². The molecule has 0 aliphatic carbocycles. The Labute approximate surface area is 184 Å². The van der Waals surface area contributed by atoms with Crippen molar-refractivity contribution >= 4 is 16.7 Å². The molecule has 8 nitrogen and oxygen atoms in total. The second-order valence-electron chi connectivity index (χ2n) is 7.29. The number of hydrogen-bond donors (Lipinski definition) is 2. The van der Waals surface area contributed by atoms with Gasteiger partial charge in [-0.1, -0.05) is 43.7 Å². The minimum absolute atomic E-state index is 0.147. The summed E-state index contributed by atoms with van der Waals surface area (Å²) in [6.45, 7) is 2.16.